The Hall–Kier alpha value is -2.03. The SMILES string of the molecule is O=C(Cc1ccc2c(c1)CCC2)c1ccncn1. The van der Waals surface area contributed by atoms with Gasteiger partial charge in [0.05, 0.1) is 0 Å². The number of ketones is 1. The number of aromatic nitrogens is 2. The van der Waals surface area contributed by atoms with Gasteiger partial charge in [0.25, 0.3) is 0 Å². The lowest BCUT2D eigenvalue weighted by molar-refractivity contribution is 0.0988. The Kier molecular flexibility index (Phi) is 2.89. The summed E-state index contributed by atoms with van der Waals surface area (Å²) in [7, 11) is 0. The monoisotopic (exact) mass is 238 g/mol. The number of carbonyl (C=O) groups is 1. The Morgan fingerprint density at radius 3 is 2.89 bits per heavy atom. The van der Waals surface area contributed by atoms with E-state index >= 15 is 0 Å². The summed E-state index contributed by atoms with van der Waals surface area (Å²) >= 11 is 0. The number of carbonyl (C=O) groups excluding carboxylic acids is 1. The van der Waals surface area contributed by atoms with Gasteiger partial charge in [0.1, 0.15) is 12.0 Å². The molecule has 1 aromatic heterocycles. The second-order valence-corrected chi connectivity index (χ2v) is 4.65. The molecule has 0 bridgehead atoms. The van der Waals surface area contributed by atoms with E-state index < -0.39 is 0 Å². The highest BCUT2D eigenvalue weighted by Gasteiger charge is 2.13. The smallest absolute Gasteiger partial charge is 0.185 e. The average molecular weight is 238 g/mol. The molecule has 1 aliphatic carbocycles. The van der Waals surface area contributed by atoms with E-state index in [0.717, 1.165) is 12.0 Å². The molecular formula is C15H14N2O. The zero-order chi connectivity index (χ0) is 12.4. The van der Waals surface area contributed by atoms with Crippen LogP contribution in [-0.2, 0) is 19.3 Å². The zero-order valence-corrected chi connectivity index (χ0v) is 10.1. The van der Waals surface area contributed by atoms with Crippen molar-refractivity contribution in [3.63, 3.8) is 0 Å². The van der Waals surface area contributed by atoms with E-state index in [2.05, 4.69) is 28.2 Å². The molecule has 0 aliphatic heterocycles. The van der Waals surface area contributed by atoms with E-state index in [0.29, 0.717) is 12.1 Å². The maximum atomic E-state index is 12.0. The van der Waals surface area contributed by atoms with Gasteiger partial charge in [0, 0.05) is 12.6 Å². The molecule has 0 spiro atoms. The van der Waals surface area contributed by atoms with Crippen molar-refractivity contribution in [2.24, 2.45) is 0 Å². The fourth-order valence-corrected chi connectivity index (χ4v) is 2.47. The number of rotatable bonds is 3. The molecule has 0 saturated carbocycles. The lowest BCUT2D eigenvalue weighted by Gasteiger charge is -2.04. The minimum atomic E-state index is 0.0512. The van der Waals surface area contributed by atoms with E-state index in [1.54, 1.807) is 12.3 Å². The van der Waals surface area contributed by atoms with Gasteiger partial charge in [-0.25, -0.2) is 9.97 Å². The molecule has 1 heterocycles. The summed E-state index contributed by atoms with van der Waals surface area (Å²) in [6, 6.07) is 8.05. The van der Waals surface area contributed by atoms with E-state index in [1.165, 1.54) is 30.3 Å². The van der Waals surface area contributed by atoms with Gasteiger partial charge in [0.2, 0.25) is 0 Å². The van der Waals surface area contributed by atoms with Crippen LogP contribution in [0.3, 0.4) is 0 Å². The van der Waals surface area contributed by atoms with Gasteiger partial charge >= 0.3 is 0 Å². The molecular weight excluding hydrogens is 224 g/mol. The Labute approximate surface area is 106 Å². The predicted molar refractivity (Wildman–Crippen MR) is 68.5 cm³/mol. The molecule has 2 aromatic rings. The summed E-state index contributed by atoms with van der Waals surface area (Å²) in [6.07, 6.45) is 6.99. The second-order valence-electron chi connectivity index (χ2n) is 4.65. The normalized spacial score (nSPS) is 13.3. The van der Waals surface area contributed by atoms with Crippen molar-refractivity contribution < 1.29 is 4.79 Å². The van der Waals surface area contributed by atoms with Gasteiger partial charge in [-0.3, -0.25) is 4.79 Å². The summed E-state index contributed by atoms with van der Waals surface area (Å²) < 4.78 is 0. The van der Waals surface area contributed by atoms with Crippen molar-refractivity contribution in [1.29, 1.82) is 0 Å². The van der Waals surface area contributed by atoms with Crippen LogP contribution in [0.2, 0.25) is 0 Å². The number of hydrogen-bond donors (Lipinski definition) is 0. The summed E-state index contributed by atoms with van der Waals surface area (Å²) in [4.78, 5) is 19.8. The van der Waals surface area contributed by atoms with Crippen LogP contribution >= 0.6 is 0 Å². The molecule has 3 rings (SSSR count). The molecule has 0 atom stereocenters. The lowest BCUT2D eigenvalue weighted by Crippen LogP contribution is -2.06. The maximum absolute atomic E-state index is 12.0. The highest BCUT2D eigenvalue weighted by Crippen LogP contribution is 2.23. The first-order valence-electron chi connectivity index (χ1n) is 6.23. The van der Waals surface area contributed by atoms with Crippen LogP contribution in [0.25, 0.3) is 0 Å². The Bertz CT molecular complexity index is 578. The van der Waals surface area contributed by atoms with Crippen molar-refractivity contribution in [3.05, 3.63) is 59.2 Å². The molecule has 0 amide bonds. The third kappa shape index (κ3) is 2.16. The van der Waals surface area contributed by atoms with Gasteiger partial charge in [-0.15, -0.1) is 0 Å². The third-order valence-corrected chi connectivity index (χ3v) is 3.40. The fourth-order valence-electron chi connectivity index (χ4n) is 2.47. The Morgan fingerprint density at radius 1 is 1.17 bits per heavy atom. The maximum Gasteiger partial charge on any atom is 0.185 e. The molecule has 0 saturated heterocycles. The minimum Gasteiger partial charge on any atom is -0.292 e. The average Bonchev–Trinajstić information content (AvgIpc) is 2.87. The quantitative estimate of drug-likeness (QED) is 0.771. The van der Waals surface area contributed by atoms with E-state index in [-0.39, 0.29) is 5.78 Å². The summed E-state index contributed by atoms with van der Waals surface area (Å²) in [5, 5.41) is 0. The first kappa shape index (κ1) is 11.1. The van der Waals surface area contributed by atoms with Gasteiger partial charge in [0.15, 0.2) is 5.78 Å². The van der Waals surface area contributed by atoms with Gasteiger partial charge in [-0.2, -0.15) is 0 Å². The standard InChI is InChI=1S/C15H14N2O/c18-15(14-6-7-16-10-17-14)9-11-4-5-12-2-1-3-13(12)8-11/h4-8,10H,1-3,9H2. The molecule has 1 aromatic carbocycles. The number of Topliss-reactive ketones (excluding diaryl/α,β-unsaturated/α-hetero) is 1. The molecule has 18 heavy (non-hydrogen) atoms. The Balaban J connectivity index is 1.79. The number of benzene rings is 1. The van der Waals surface area contributed by atoms with Crippen molar-refractivity contribution in [2.45, 2.75) is 25.7 Å². The van der Waals surface area contributed by atoms with Crippen molar-refractivity contribution in [1.82, 2.24) is 9.97 Å². The summed E-state index contributed by atoms with van der Waals surface area (Å²) in [5.74, 6) is 0.0512. The van der Waals surface area contributed by atoms with Gasteiger partial charge < -0.3 is 0 Å². The second kappa shape index (κ2) is 4.69. The molecule has 0 N–H and O–H groups in total. The molecule has 3 nitrogen and oxygen atoms in total. The van der Waals surface area contributed by atoms with Crippen LogP contribution in [-0.4, -0.2) is 15.8 Å². The van der Waals surface area contributed by atoms with E-state index in [1.807, 2.05) is 0 Å². The summed E-state index contributed by atoms with van der Waals surface area (Å²) in [5.41, 5.74) is 4.42. The zero-order valence-electron chi connectivity index (χ0n) is 10.1. The van der Waals surface area contributed by atoms with Crippen LogP contribution in [0.5, 0.6) is 0 Å². The number of hydrogen-bond acceptors (Lipinski definition) is 3. The first-order chi connectivity index (χ1) is 8.83. The van der Waals surface area contributed by atoms with Crippen molar-refractivity contribution >= 4 is 5.78 Å². The topological polar surface area (TPSA) is 42.9 Å². The molecule has 0 unspecified atom stereocenters. The Morgan fingerprint density at radius 2 is 2.06 bits per heavy atom. The minimum absolute atomic E-state index is 0.0512. The lowest BCUT2D eigenvalue weighted by atomic mass is 10.0. The van der Waals surface area contributed by atoms with Crippen LogP contribution in [0.1, 0.15) is 33.6 Å². The van der Waals surface area contributed by atoms with E-state index in [4.69, 9.17) is 0 Å². The van der Waals surface area contributed by atoms with Gasteiger partial charge in [-0.1, -0.05) is 18.2 Å². The fraction of sp³-hybridized carbons (Fsp3) is 0.267. The van der Waals surface area contributed by atoms with Crippen LogP contribution in [0, 0.1) is 0 Å². The van der Waals surface area contributed by atoms with E-state index in [9.17, 15) is 4.79 Å². The van der Waals surface area contributed by atoms with Crippen LogP contribution < -0.4 is 0 Å². The molecule has 90 valence electrons. The number of fused-ring (bicyclic) bond motifs is 1. The van der Waals surface area contributed by atoms with Gasteiger partial charge in [-0.05, 0) is 42.0 Å². The number of nitrogens with zero attached hydrogens (tertiary/aromatic N) is 2. The first-order valence-corrected chi connectivity index (χ1v) is 6.23. The molecule has 0 fully saturated rings. The van der Waals surface area contributed by atoms with Crippen molar-refractivity contribution in [2.75, 3.05) is 0 Å². The molecule has 0 radical (unpaired) electrons. The predicted octanol–water partition coefficient (Wildman–Crippen LogP) is 2.39. The van der Waals surface area contributed by atoms with Crippen molar-refractivity contribution in [3.8, 4) is 0 Å². The summed E-state index contributed by atoms with van der Waals surface area (Å²) in [6.45, 7) is 0. The molecule has 1 aliphatic rings. The number of aryl methyl sites for hydroxylation is 2. The highest BCUT2D eigenvalue weighted by atomic mass is 16.1. The largest absolute Gasteiger partial charge is 0.292 e. The van der Waals surface area contributed by atoms with Crippen LogP contribution in [0.4, 0.5) is 0 Å². The molecule has 3 heteroatoms. The third-order valence-electron chi connectivity index (χ3n) is 3.40. The van der Waals surface area contributed by atoms with Crippen LogP contribution in [0.15, 0.2) is 36.8 Å². The highest BCUT2D eigenvalue weighted by molar-refractivity contribution is 5.95.